The van der Waals surface area contributed by atoms with Gasteiger partial charge in [0.05, 0.1) is 19.8 Å². The zero-order chi connectivity index (χ0) is 18.9. The summed E-state index contributed by atoms with van der Waals surface area (Å²) in [5, 5.41) is 6.81. The number of rotatable bonds is 7. The van der Waals surface area contributed by atoms with E-state index in [1.54, 1.807) is 0 Å². The highest BCUT2D eigenvalue weighted by molar-refractivity contribution is 5.79. The lowest BCUT2D eigenvalue weighted by atomic mass is 10.2. The van der Waals surface area contributed by atoms with E-state index in [9.17, 15) is 0 Å². The molecule has 1 unspecified atom stereocenters. The van der Waals surface area contributed by atoms with Crippen molar-refractivity contribution in [2.45, 2.75) is 39.3 Å². The van der Waals surface area contributed by atoms with Crippen LogP contribution in [-0.2, 0) is 11.3 Å². The molecule has 0 aliphatic carbocycles. The summed E-state index contributed by atoms with van der Waals surface area (Å²) in [5.41, 5.74) is 1.14. The van der Waals surface area contributed by atoms with Crippen LogP contribution in [0.5, 0.6) is 0 Å². The third-order valence-corrected chi connectivity index (χ3v) is 5.24. The molecule has 0 amide bonds. The quantitative estimate of drug-likeness (QED) is 0.556. The lowest BCUT2D eigenvalue weighted by Gasteiger charge is -2.32. The maximum atomic E-state index is 5.44. The molecular weight excluding hydrogens is 340 g/mol. The summed E-state index contributed by atoms with van der Waals surface area (Å²) in [6.07, 6.45) is 4.50. The van der Waals surface area contributed by atoms with Crippen LogP contribution in [0.1, 0.15) is 32.3 Å². The van der Waals surface area contributed by atoms with E-state index in [0.29, 0.717) is 12.6 Å². The monoisotopic (exact) mass is 374 g/mol. The molecule has 0 aromatic carbocycles. The molecule has 2 saturated heterocycles. The molecule has 2 aliphatic rings. The number of hydrogen-bond donors (Lipinski definition) is 2. The molecule has 1 aromatic rings. The van der Waals surface area contributed by atoms with Crippen molar-refractivity contribution >= 4 is 11.8 Å². The van der Waals surface area contributed by atoms with Crippen molar-refractivity contribution in [2.75, 3.05) is 57.4 Å². The Morgan fingerprint density at radius 3 is 2.63 bits per heavy atom. The second-order valence-electron chi connectivity index (χ2n) is 7.29. The SMILES string of the molecule is CCNC(=NCc1ccc(N2CCCC2)nc1)NCC(C)N1CCOCC1. The molecule has 150 valence electrons. The van der Waals surface area contributed by atoms with Gasteiger partial charge in [0.15, 0.2) is 5.96 Å². The lowest BCUT2D eigenvalue weighted by molar-refractivity contribution is 0.0211. The Hall–Kier alpha value is -1.86. The fraction of sp³-hybridized carbons (Fsp3) is 0.700. The minimum Gasteiger partial charge on any atom is -0.379 e. The Morgan fingerprint density at radius 2 is 1.96 bits per heavy atom. The van der Waals surface area contributed by atoms with Crippen LogP contribution in [0.2, 0.25) is 0 Å². The smallest absolute Gasteiger partial charge is 0.191 e. The molecule has 2 N–H and O–H groups in total. The average Bonchev–Trinajstić information content (AvgIpc) is 3.26. The first kappa shape index (κ1) is 19.9. The normalized spacial score (nSPS) is 19.9. The number of ether oxygens (including phenoxy) is 1. The molecule has 1 aromatic heterocycles. The van der Waals surface area contributed by atoms with E-state index in [-0.39, 0.29) is 0 Å². The number of guanidine groups is 1. The molecule has 3 rings (SSSR count). The Labute approximate surface area is 163 Å². The van der Waals surface area contributed by atoms with E-state index in [2.05, 4.69) is 51.4 Å². The van der Waals surface area contributed by atoms with Crippen LogP contribution in [0.15, 0.2) is 23.3 Å². The standard InChI is InChI=1S/C20H34N6O/c1-3-21-20(23-14-17(2)25-10-12-27-13-11-25)24-16-18-6-7-19(22-15-18)26-8-4-5-9-26/h6-7,15,17H,3-5,8-14,16H2,1-2H3,(H2,21,23,24). The van der Waals surface area contributed by atoms with Crippen molar-refractivity contribution in [1.29, 1.82) is 0 Å². The number of aliphatic imine (C=N–C) groups is 1. The first-order chi connectivity index (χ1) is 13.3. The van der Waals surface area contributed by atoms with Gasteiger partial charge in [0.2, 0.25) is 0 Å². The van der Waals surface area contributed by atoms with Gasteiger partial charge in [-0.15, -0.1) is 0 Å². The van der Waals surface area contributed by atoms with Gasteiger partial charge in [-0.2, -0.15) is 0 Å². The van der Waals surface area contributed by atoms with Crippen LogP contribution in [0.25, 0.3) is 0 Å². The topological polar surface area (TPSA) is 65.0 Å². The predicted octanol–water partition coefficient (Wildman–Crippen LogP) is 1.46. The van der Waals surface area contributed by atoms with Crippen molar-refractivity contribution in [1.82, 2.24) is 20.5 Å². The highest BCUT2D eigenvalue weighted by atomic mass is 16.5. The lowest BCUT2D eigenvalue weighted by Crippen LogP contribution is -2.49. The predicted molar refractivity (Wildman–Crippen MR) is 110 cm³/mol. The van der Waals surface area contributed by atoms with E-state index >= 15 is 0 Å². The summed E-state index contributed by atoms with van der Waals surface area (Å²) < 4.78 is 5.44. The number of nitrogens with one attached hydrogen (secondary N) is 2. The maximum absolute atomic E-state index is 5.44. The van der Waals surface area contributed by atoms with Gasteiger partial charge in [-0.25, -0.2) is 9.98 Å². The zero-order valence-corrected chi connectivity index (χ0v) is 16.8. The minimum atomic E-state index is 0.458. The molecule has 0 saturated carbocycles. The van der Waals surface area contributed by atoms with E-state index < -0.39 is 0 Å². The molecule has 3 heterocycles. The second kappa shape index (κ2) is 10.5. The summed E-state index contributed by atoms with van der Waals surface area (Å²) in [4.78, 5) is 14.2. The highest BCUT2D eigenvalue weighted by Gasteiger charge is 2.17. The van der Waals surface area contributed by atoms with Gasteiger partial charge in [0.1, 0.15) is 5.82 Å². The van der Waals surface area contributed by atoms with Gasteiger partial charge in [0, 0.05) is 51.5 Å². The molecule has 2 fully saturated rings. The fourth-order valence-electron chi connectivity index (χ4n) is 3.55. The molecule has 0 spiro atoms. The largest absolute Gasteiger partial charge is 0.379 e. The molecule has 27 heavy (non-hydrogen) atoms. The van der Waals surface area contributed by atoms with Gasteiger partial charge in [-0.3, -0.25) is 4.90 Å². The van der Waals surface area contributed by atoms with Gasteiger partial charge < -0.3 is 20.3 Å². The summed E-state index contributed by atoms with van der Waals surface area (Å²) in [7, 11) is 0. The van der Waals surface area contributed by atoms with Crippen LogP contribution < -0.4 is 15.5 Å². The number of anilines is 1. The average molecular weight is 375 g/mol. The first-order valence-electron chi connectivity index (χ1n) is 10.3. The zero-order valence-electron chi connectivity index (χ0n) is 16.8. The molecular formula is C20H34N6O. The highest BCUT2D eigenvalue weighted by Crippen LogP contribution is 2.17. The molecule has 7 nitrogen and oxygen atoms in total. The Kier molecular flexibility index (Phi) is 7.71. The van der Waals surface area contributed by atoms with Crippen LogP contribution >= 0.6 is 0 Å². The Balaban J connectivity index is 1.50. The number of morpholine rings is 1. The van der Waals surface area contributed by atoms with Crippen molar-refractivity contribution in [3.63, 3.8) is 0 Å². The third-order valence-electron chi connectivity index (χ3n) is 5.24. The minimum absolute atomic E-state index is 0.458. The van der Waals surface area contributed by atoms with Crippen molar-refractivity contribution in [3.8, 4) is 0 Å². The summed E-state index contributed by atoms with van der Waals surface area (Å²) in [5.74, 6) is 1.95. The van der Waals surface area contributed by atoms with Crippen LogP contribution in [-0.4, -0.2) is 74.4 Å². The van der Waals surface area contributed by atoms with Gasteiger partial charge in [0.25, 0.3) is 0 Å². The third kappa shape index (κ3) is 6.07. The van der Waals surface area contributed by atoms with Crippen LogP contribution in [0.4, 0.5) is 5.82 Å². The number of aromatic nitrogens is 1. The number of pyridine rings is 1. The summed E-state index contributed by atoms with van der Waals surface area (Å²) in [6.45, 7) is 12.6. The molecule has 7 heteroatoms. The molecule has 1 atom stereocenters. The molecule has 2 aliphatic heterocycles. The fourth-order valence-corrected chi connectivity index (χ4v) is 3.55. The van der Waals surface area contributed by atoms with Crippen molar-refractivity contribution < 1.29 is 4.74 Å². The van der Waals surface area contributed by atoms with E-state index in [1.807, 2.05) is 6.20 Å². The van der Waals surface area contributed by atoms with Crippen molar-refractivity contribution in [2.24, 2.45) is 4.99 Å². The molecule has 0 radical (unpaired) electrons. The van der Waals surface area contributed by atoms with Crippen LogP contribution in [0.3, 0.4) is 0 Å². The summed E-state index contributed by atoms with van der Waals surface area (Å²) in [6, 6.07) is 4.72. The van der Waals surface area contributed by atoms with Gasteiger partial charge in [-0.05, 0) is 38.3 Å². The molecule has 0 bridgehead atoms. The second-order valence-corrected chi connectivity index (χ2v) is 7.29. The van der Waals surface area contributed by atoms with Gasteiger partial charge in [-0.1, -0.05) is 6.07 Å². The van der Waals surface area contributed by atoms with E-state index in [1.165, 1.54) is 12.8 Å². The van der Waals surface area contributed by atoms with Gasteiger partial charge >= 0.3 is 0 Å². The number of nitrogens with zero attached hydrogens (tertiary/aromatic N) is 4. The van der Waals surface area contributed by atoms with E-state index in [4.69, 9.17) is 9.73 Å². The Morgan fingerprint density at radius 1 is 1.19 bits per heavy atom. The summed E-state index contributed by atoms with van der Waals surface area (Å²) >= 11 is 0. The maximum Gasteiger partial charge on any atom is 0.191 e. The number of hydrogen-bond acceptors (Lipinski definition) is 5. The first-order valence-corrected chi connectivity index (χ1v) is 10.3. The van der Waals surface area contributed by atoms with E-state index in [0.717, 1.165) is 69.8 Å². The van der Waals surface area contributed by atoms with Crippen LogP contribution in [0, 0.1) is 0 Å². The van der Waals surface area contributed by atoms with Crippen molar-refractivity contribution in [3.05, 3.63) is 23.9 Å². The Bertz CT molecular complexity index is 579.